The zero-order valence-electron chi connectivity index (χ0n) is 11.2. The molecule has 1 aliphatic rings. The van der Waals surface area contributed by atoms with Crippen LogP contribution >= 0.6 is 27.5 Å². The van der Waals surface area contributed by atoms with E-state index in [1.807, 2.05) is 18.2 Å². The summed E-state index contributed by atoms with van der Waals surface area (Å²) in [4.78, 5) is 12.2. The molecule has 0 radical (unpaired) electrons. The number of hydrogen-bond donors (Lipinski definition) is 2. The molecule has 2 aromatic rings. The van der Waals surface area contributed by atoms with Crippen LogP contribution in [0.4, 0.5) is 11.4 Å². The van der Waals surface area contributed by atoms with Crippen LogP contribution in [0.3, 0.4) is 0 Å². The molecule has 0 saturated carbocycles. The Kier molecular flexibility index (Phi) is 4.17. The van der Waals surface area contributed by atoms with Gasteiger partial charge in [0.1, 0.15) is 0 Å². The van der Waals surface area contributed by atoms with E-state index in [1.165, 1.54) is 5.56 Å². The maximum Gasteiger partial charge on any atom is 0.225 e. The quantitative estimate of drug-likeness (QED) is 0.832. The molecule has 2 N–H and O–H groups in total. The minimum atomic E-state index is 0.00141. The molecule has 1 heterocycles. The number of carbonyl (C=O) groups excluding carboxylic acids is 1. The normalized spacial score (nSPS) is 16.2. The third-order valence-electron chi connectivity index (χ3n) is 3.58. The number of hydrogen-bond acceptors (Lipinski definition) is 2. The highest BCUT2D eigenvalue weighted by Gasteiger charge is 2.24. The standard InChI is InChI=1S/C16H14BrClN2O/c17-13-8-11(18)5-6-15(13)20-16(21)7-10-9-19-14-4-2-1-3-12(10)14/h1-6,8,10,19H,7,9H2,(H,20,21). The Bertz CT molecular complexity index is 690. The van der Waals surface area contributed by atoms with Gasteiger partial charge >= 0.3 is 0 Å². The van der Waals surface area contributed by atoms with Crippen LogP contribution < -0.4 is 10.6 Å². The topological polar surface area (TPSA) is 41.1 Å². The van der Waals surface area contributed by atoms with E-state index in [0.717, 1.165) is 22.4 Å². The van der Waals surface area contributed by atoms with Gasteiger partial charge in [-0.3, -0.25) is 4.79 Å². The molecule has 2 aromatic carbocycles. The largest absolute Gasteiger partial charge is 0.384 e. The van der Waals surface area contributed by atoms with E-state index >= 15 is 0 Å². The van der Waals surface area contributed by atoms with Crippen molar-refractivity contribution in [3.05, 3.63) is 57.5 Å². The van der Waals surface area contributed by atoms with Crippen LogP contribution in [0.1, 0.15) is 17.9 Å². The number of para-hydroxylation sites is 1. The first kappa shape index (κ1) is 14.4. The van der Waals surface area contributed by atoms with Crippen molar-refractivity contribution in [3.8, 4) is 0 Å². The number of fused-ring (bicyclic) bond motifs is 1. The highest BCUT2D eigenvalue weighted by atomic mass is 79.9. The van der Waals surface area contributed by atoms with Gasteiger partial charge in [-0.2, -0.15) is 0 Å². The molecule has 1 atom stereocenters. The van der Waals surface area contributed by atoms with Gasteiger partial charge in [-0.1, -0.05) is 29.8 Å². The fraction of sp³-hybridized carbons (Fsp3) is 0.188. The summed E-state index contributed by atoms with van der Waals surface area (Å²) in [6.07, 6.45) is 0.457. The summed E-state index contributed by atoms with van der Waals surface area (Å²) in [5.74, 6) is 0.216. The van der Waals surface area contributed by atoms with E-state index in [0.29, 0.717) is 11.4 Å². The van der Waals surface area contributed by atoms with Crippen LogP contribution in [0.5, 0.6) is 0 Å². The van der Waals surface area contributed by atoms with Crippen molar-refractivity contribution in [2.24, 2.45) is 0 Å². The van der Waals surface area contributed by atoms with Gasteiger partial charge in [0.05, 0.1) is 5.69 Å². The van der Waals surface area contributed by atoms with Crippen LogP contribution in [-0.4, -0.2) is 12.5 Å². The van der Waals surface area contributed by atoms with Crippen molar-refractivity contribution in [1.29, 1.82) is 0 Å². The maximum absolute atomic E-state index is 12.2. The molecule has 0 fully saturated rings. The first-order valence-corrected chi connectivity index (χ1v) is 7.88. The lowest BCUT2D eigenvalue weighted by atomic mass is 9.97. The van der Waals surface area contributed by atoms with Crippen molar-refractivity contribution in [2.45, 2.75) is 12.3 Å². The summed E-state index contributed by atoms with van der Waals surface area (Å²) in [7, 11) is 0. The van der Waals surface area contributed by atoms with E-state index in [4.69, 9.17) is 11.6 Å². The summed E-state index contributed by atoms with van der Waals surface area (Å²) in [5.41, 5.74) is 3.08. The molecule has 1 amide bonds. The van der Waals surface area contributed by atoms with Crippen molar-refractivity contribution in [2.75, 3.05) is 17.2 Å². The number of amides is 1. The lowest BCUT2D eigenvalue weighted by Gasteiger charge is -2.12. The lowest BCUT2D eigenvalue weighted by molar-refractivity contribution is -0.116. The minimum absolute atomic E-state index is 0.00141. The maximum atomic E-state index is 12.2. The molecule has 3 nitrogen and oxygen atoms in total. The number of benzene rings is 2. The fourth-order valence-electron chi connectivity index (χ4n) is 2.56. The third-order valence-corrected chi connectivity index (χ3v) is 4.47. The van der Waals surface area contributed by atoms with Gasteiger partial charge in [-0.05, 0) is 45.8 Å². The number of anilines is 2. The Morgan fingerprint density at radius 3 is 2.95 bits per heavy atom. The molecule has 0 aliphatic carbocycles. The van der Waals surface area contributed by atoms with Crippen LogP contribution in [0.2, 0.25) is 5.02 Å². The molecule has 1 aliphatic heterocycles. The molecular weight excluding hydrogens is 352 g/mol. The smallest absolute Gasteiger partial charge is 0.225 e. The van der Waals surface area contributed by atoms with Gasteiger partial charge in [0.15, 0.2) is 0 Å². The van der Waals surface area contributed by atoms with Crippen LogP contribution in [0.25, 0.3) is 0 Å². The molecule has 3 rings (SSSR count). The van der Waals surface area contributed by atoms with E-state index in [9.17, 15) is 4.79 Å². The number of carbonyl (C=O) groups is 1. The Labute approximate surface area is 136 Å². The molecule has 0 bridgehead atoms. The van der Waals surface area contributed by atoms with Gasteiger partial charge < -0.3 is 10.6 Å². The van der Waals surface area contributed by atoms with Gasteiger partial charge in [-0.25, -0.2) is 0 Å². The summed E-state index contributed by atoms with van der Waals surface area (Å²) in [6.45, 7) is 0.800. The molecule has 21 heavy (non-hydrogen) atoms. The van der Waals surface area contributed by atoms with Crippen LogP contribution in [0, 0.1) is 0 Å². The van der Waals surface area contributed by atoms with Crippen molar-refractivity contribution in [1.82, 2.24) is 0 Å². The fourth-order valence-corrected chi connectivity index (χ4v) is 3.34. The molecular formula is C16H14BrClN2O. The van der Waals surface area contributed by atoms with E-state index in [-0.39, 0.29) is 11.8 Å². The molecule has 0 aromatic heterocycles. The SMILES string of the molecule is O=C(CC1CNc2ccccc21)Nc1ccc(Cl)cc1Br. The molecule has 0 saturated heterocycles. The van der Waals surface area contributed by atoms with Gasteiger partial charge in [0.2, 0.25) is 5.91 Å². The predicted octanol–water partition coefficient (Wildman–Crippen LogP) is 4.64. The highest BCUT2D eigenvalue weighted by Crippen LogP contribution is 2.33. The third kappa shape index (κ3) is 3.22. The zero-order chi connectivity index (χ0) is 14.8. The highest BCUT2D eigenvalue weighted by molar-refractivity contribution is 9.10. The van der Waals surface area contributed by atoms with Crippen molar-refractivity contribution < 1.29 is 4.79 Å². The summed E-state index contributed by atoms with van der Waals surface area (Å²) >= 11 is 9.30. The van der Waals surface area contributed by atoms with Crippen LogP contribution in [0.15, 0.2) is 46.9 Å². The zero-order valence-corrected chi connectivity index (χ0v) is 13.5. The monoisotopic (exact) mass is 364 g/mol. The van der Waals surface area contributed by atoms with Crippen molar-refractivity contribution in [3.63, 3.8) is 0 Å². The number of nitrogens with one attached hydrogen (secondary N) is 2. The summed E-state index contributed by atoms with van der Waals surface area (Å²) in [6, 6.07) is 13.4. The molecule has 108 valence electrons. The Hall–Kier alpha value is -1.52. The first-order valence-electron chi connectivity index (χ1n) is 6.71. The Balaban J connectivity index is 1.68. The molecule has 0 spiro atoms. The molecule has 1 unspecified atom stereocenters. The summed E-state index contributed by atoms with van der Waals surface area (Å²) in [5, 5.41) is 6.89. The molecule has 5 heteroatoms. The second-order valence-corrected chi connectivity index (χ2v) is 6.33. The first-order chi connectivity index (χ1) is 10.1. The Morgan fingerprint density at radius 1 is 1.33 bits per heavy atom. The number of halogens is 2. The second-order valence-electron chi connectivity index (χ2n) is 5.04. The average Bonchev–Trinajstić information content (AvgIpc) is 2.85. The second kappa shape index (κ2) is 6.08. The summed E-state index contributed by atoms with van der Waals surface area (Å²) < 4.78 is 0.785. The van der Waals surface area contributed by atoms with Gasteiger partial charge in [0.25, 0.3) is 0 Å². The van der Waals surface area contributed by atoms with Crippen LogP contribution in [-0.2, 0) is 4.79 Å². The van der Waals surface area contributed by atoms with Gasteiger partial charge in [-0.15, -0.1) is 0 Å². The average molecular weight is 366 g/mol. The van der Waals surface area contributed by atoms with E-state index < -0.39 is 0 Å². The van der Waals surface area contributed by atoms with E-state index in [1.54, 1.807) is 18.2 Å². The lowest BCUT2D eigenvalue weighted by Crippen LogP contribution is -2.17. The number of rotatable bonds is 3. The minimum Gasteiger partial charge on any atom is -0.384 e. The predicted molar refractivity (Wildman–Crippen MR) is 90.1 cm³/mol. The van der Waals surface area contributed by atoms with E-state index in [2.05, 4.69) is 32.6 Å². The van der Waals surface area contributed by atoms with Gasteiger partial charge in [0, 0.05) is 34.1 Å². The Morgan fingerprint density at radius 2 is 2.14 bits per heavy atom. The van der Waals surface area contributed by atoms with Crippen molar-refractivity contribution >= 4 is 44.8 Å².